The molecule has 0 aromatic carbocycles. The van der Waals surface area contributed by atoms with Gasteiger partial charge in [-0.1, -0.05) is 0 Å². The second-order valence-electron chi connectivity index (χ2n) is 0.136. The molecule has 0 unspecified atom stereocenters. The molecule has 0 bridgehead atoms. The molecule has 0 rings (SSSR count). The molecule has 0 radical (unpaired) electrons. The van der Waals surface area contributed by atoms with Crippen LogP contribution in [0.4, 0.5) is 0 Å². The maximum atomic E-state index is 4.64. The van der Waals surface area contributed by atoms with Gasteiger partial charge in [0.1, 0.15) is 0 Å². The van der Waals surface area contributed by atoms with Gasteiger partial charge in [0.25, 0.3) is 0 Å². The van der Waals surface area contributed by atoms with Crippen LogP contribution in [-0.4, -0.2) is 0 Å². The SMILES string of the molecule is [S]=[Mo][Mo]=[S]. The maximum absolute atomic E-state index is 4.64. The Labute approximate surface area is 46.5 Å². The van der Waals surface area contributed by atoms with E-state index >= 15 is 0 Å². The van der Waals surface area contributed by atoms with E-state index < -0.39 is 0 Å². The van der Waals surface area contributed by atoms with Crippen LogP contribution in [0.15, 0.2) is 0 Å². The Hall–Kier alpha value is 1.82. The summed E-state index contributed by atoms with van der Waals surface area (Å²) in [5.74, 6) is 0. The van der Waals surface area contributed by atoms with E-state index in [9.17, 15) is 0 Å². The molecular weight excluding hydrogens is 256 g/mol. The van der Waals surface area contributed by atoms with Crippen LogP contribution in [0.25, 0.3) is 0 Å². The third-order valence-electron chi connectivity index (χ3n) is 0.0278. The van der Waals surface area contributed by atoms with E-state index in [4.69, 9.17) is 0 Å². The van der Waals surface area contributed by atoms with Gasteiger partial charge in [0.15, 0.2) is 0 Å². The molecule has 0 fully saturated rings. The Kier molecular flexibility index (Phi) is 7.00. The minimum absolute atomic E-state index is 0.00981. The van der Waals surface area contributed by atoms with Crippen molar-refractivity contribution in [3.8, 4) is 0 Å². The predicted octanol–water partition coefficient (Wildman–Crippen LogP) is 1.29. The molecule has 0 atom stereocenters. The van der Waals surface area contributed by atoms with Crippen molar-refractivity contribution in [3.05, 3.63) is 0 Å². The fourth-order valence-corrected chi connectivity index (χ4v) is 0. The zero-order chi connectivity index (χ0) is 3.41. The van der Waals surface area contributed by atoms with E-state index in [-0.39, 0.29) is 27.5 Å². The summed E-state index contributed by atoms with van der Waals surface area (Å²) in [7, 11) is 9.27. The molecule has 0 aliphatic heterocycles. The molecule has 0 N–H and O–H groups in total. The molecule has 0 aromatic heterocycles. The zero-order valence-corrected chi connectivity index (χ0v) is 7.28. The normalized spacial score (nSPS) is 5.00. The van der Waals surface area contributed by atoms with Crippen molar-refractivity contribution in [2.24, 2.45) is 0 Å². The van der Waals surface area contributed by atoms with Crippen molar-refractivity contribution < 1.29 is 27.5 Å². The van der Waals surface area contributed by atoms with Crippen LogP contribution < -0.4 is 0 Å². The van der Waals surface area contributed by atoms with Gasteiger partial charge in [0.2, 0.25) is 0 Å². The van der Waals surface area contributed by atoms with Gasteiger partial charge in [0.05, 0.1) is 0 Å². The molecule has 0 heterocycles. The van der Waals surface area contributed by atoms with Gasteiger partial charge in [-0.2, -0.15) is 0 Å². The summed E-state index contributed by atoms with van der Waals surface area (Å²) >= 11 is 0.0196. The zero-order valence-electron chi connectivity index (χ0n) is 1.63. The quantitative estimate of drug-likeness (QED) is 0.648. The van der Waals surface area contributed by atoms with Crippen molar-refractivity contribution >= 4 is 19.6 Å². The van der Waals surface area contributed by atoms with Crippen LogP contribution >= 0.6 is 19.6 Å². The Bertz CT molecular complexity index is 25.0. The van der Waals surface area contributed by atoms with E-state index in [1.165, 1.54) is 0 Å². The van der Waals surface area contributed by atoms with Gasteiger partial charge in [0, 0.05) is 0 Å². The second-order valence-corrected chi connectivity index (χ2v) is 14.3. The first-order chi connectivity index (χ1) is 1.91. The molecule has 4 heteroatoms. The fraction of sp³-hybridized carbons (Fsp3) is 0. The molecule has 0 nitrogen and oxygen atoms in total. The first-order valence-corrected chi connectivity index (χ1v) is 11.7. The van der Waals surface area contributed by atoms with E-state index in [1.54, 1.807) is 0 Å². The van der Waals surface area contributed by atoms with Crippen molar-refractivity contribution in [3.63, 3.8) is 0 Å². The molecule has 0 amide bonds. The summed E-state index contributed by atoms with van der Waals surface area (Å²) < 4.78 is 0. The fourth-order valence-electron chi connectivity index (χ4n) is 0. The van der Waals surface area contributed by atoms with E-state index in [0.717, 1.165) is 0 Å². The van der Waals surface area contributed by atoms with E-state index in [1.807, 2.05) is 0 Å². The molecule has 0 spiro atoms. The first-order valence-electron chi connectivity index (χ1n) is 0.500. The molecule has 0 aromatic rings. The van der Waals surface area contributed by atoms with Crippen molar-refractivity contribution in [1.29, 1.82) is 0 Å². The monoisotopic (exact) mass is 260 g/mol. The van der Waals surface area contributed by atoms with Gasteiger partial charge >= 0.3 is 47.1 Å². The van der Waals surface area contributed by atoms with E-state index in [0.29, 0.717) is 0 Å². The van der Waals surface area contributed by atoms with Gasteiger partial charge in [-0.3, -0.25) is 0 Å². The number of hydrogen-bond acceptors (Lipinski definition) is 2. The van der Waals surface area contributed by atoms with Crippen LogP contribution in [0, 0.1) is 0 Å². The van der Waals surface area contributed by atoms with Gasteiger partial charge in [-0.25, -0.2) is 0 Å². The van der Waals surface area contributed by atoms with Crippen molar-refractivity contribution in [2.45, 2.75) is 0 Å². The van der Waals surface area contributed by atoms with Crippen LogP contribution in [0.1, 0.15) is 0 Å². The standard InChI is InChI=1S/2Mo.2S. The third-order valence-corrected chi connectivity index (χ3v) is 8.75. The van der Waals surface area contributed by atoms with Gasteiger partial charge in [-0.15, -0.1) is 0 Å². The van der Waals surface area contributed by atoms with Crippen molar-refractivity contribution in [1.82, 2.24) is 0 Å². The minimum atomic E-state index is 0.00981. The van der Waals surface area contributed by atoms with Crippen LogP contribution in [0.2, 0.25) is 0 Å². The Balaban J connectivity index is 2.73. The van der Waals surface area contributed by atoms with Crippen LogP contribution in [0.5, 0.6) is 0 Å². The summed E-state index contributed by atoms with van der Waals surface area (Å²) in [5, 5.41) is 0. The average Bonchev–Trinajstić information content (AvgIpc) is 1.37. The summed E-state index contributed by atoms with van der Waals surface area (Å²) in [6.45, 7) is 0. The van der Waals surface area contributed by atoms with E-state index in [2.05, 4.69) is 19.6 Å². The Morgan fingerprint density at radius 3 is 1.25 bits per heavy atom. The summed E-state index contributed by atoms with van der Waals surface area (Å²) in [6, 6.07) is 0. The molecule has 4 heavy (non-hydrogen) atoms. The van der Waals surface area contributed by atoms with Crippen molar-refractivity contribution in [2.75, 3.05) is 0 Å². The van der Waals surface area contributed by atoms with Crippen LogP contribution in [-0.2, 0) is 27.5 Å². The summed E-state index contributed by atoms with van der Waals surface area (Å²) in [6.07, 6.45) is 0. The molecular formula is Mo2S2. The predicted molar refractivity (Wildman–Crippen MR) is 15.2 cm³/mol. The molecule has 0 saturated carbocycles. The molecule has 0 aliphatic carbocycles. The third kappa shape index (κ3) is 3.82. The number of rotatable bonds is 1. The average molecular weight is 256 g/mol. The molecule has 24 valence electrons. The molecule has 0 aliphatic rings. The Morgan fingerprint density at radius 1 is 1.00 bits per heavy atom. The summed E-state index contributed by atoms with van der Waals surface area (Å²) in [4.78, 5) is 0. The second kappa shape index (κ2) is 4.82. The molecule has 0 saturated heterocycles. The van der Waals surface area contributed by atoms with Gasteiger partial charge < -0.3 is 0 Å². The van der Waals surface area contributed by atoms with Crippen LogP contribution in [0.3, 0.4) is 0 Å². The number of hydrogen-bond donors (Lipinski definition) is 0. The first kappa shape index (κ1) is 5.82. The summed E-state index contributed by atoms with van der Waals surface area (Å²) in [5.41, 5.74) is 0. The topological polar surface area (TPSA) is 0 Å². The Morgan fingerprint density at radius 2 is 1.25 bits per heavy atom. The van der Waals surface area contributed by atoms with Gasteiger partial charge in [-0.05, 0) is 0 Å².